The van der Waals surface area contributed by atoms with Crippen LogP contribution in [0.2, 0.25) is 0 Å². The molecule has 0 fully saturated rings. The number of imidazole rings is 1. The molecule has 0 saturated heterocycles. The molecule has 0 atom stereocenters. The molecule has 1 aromatic rings. The Balaban J connectivity index is 2.68. The molecule has 0 radical (unpaired) electrons. The minimum absolute atomic E-state index is 0.334. The summed E-state index contributed by atoms with van der Waals surface area (Å²) >= 11 is 8.51. The number of hydrazone groups is 1. The van der Waals surface area contributed by atoms with E-state index >= 15 is 0 Å². The Morgan fingerprint density at radius 1 is 1.69 bits per heavy atom. The molecule has 0 amide bonds. The van der Waals surface area contributed by atoms with Crippen LogP contribution >= 0.6 is 24.8 Å². The molecule has 1 aromatic heterocycles. The average molecular weight is 214 g/mol. The molecule has 0 aliphatic carbocycles. The number of hydrogen-bond acceptors (Lipinski definition) is 3. The minimum atomic E-state index is 0.334. The predicted octanol–water partition coefficient (Wildman–Crippen LogP) is 1.16. The van der Waals surface area contributed by atoms with Gasteiger partial charge in [0.1, 0.15) is 11.5 Å². The highest BCUT2D eigenvalue weighted by atomic mass is 32.1. The Hall–Kier alpha value is -0.880. The molecule has 0 aliphatic rings. The van der Waals surface area contributed by atoms with Crippen LogP contribution in [0.5, 0.6) is 0 Å². The highest BCUT2D eigenvalue weighted by molar-refractivity contribution is 8.11. The van der Waals surface area contributed by atoms with Gasteiger partial charge in [-0.25, -0.2) is 4.98 Å². The standard InChI is InChI=1S/C7H10N4S2/c1-4-6(10-5(2)9-4)3-8-11-7(12)13/h3H,1-2H3,(H,9,10)(H2,11,12,13)/b8-3+. The first-order chi connectivity index (χ1) is 6.09. The first-order valence-corrected chi connectivity index (χ1v) is 4.50. The Morgan fingerprint density at radius 3 is 2.85 bits per heavy atom. The van der Waals surface area contributed by atoms with Gasteiger partial charge < -0.3 is 4.98 Å². The van der Waals surface area contributed by atoms with Gasteiger partial charge >= 0.3 is 0 Å². The zero-order chi connectivity index (χ0) is 9.84. The van der Waals surface area contributed by atoms with E-state index in [4.69, 9.17) is 0 Å². The van der Waals surface area contributed by atoms with Crippen LogP contribution in [0.1, 0.15) is 17.2 Å². The van der Waals surface area contributed by atoms with Gasteiger partial charge in [0.05, 0.1) is 6.21 Å². The van der Waals surface area contributed by atoms with Crippen molar-refractivity contribution in [1.82, 2.24) is 15.4 Å². The van der Waals surface area contributed by atoms with Gasteiger partial charge in [-0.3, -0.25) is 5.43 Å². The summed E-state index contributed by atoms with van der Waals surface area (Å²) < 4.78 is 0.334. The molecule has 1 heterocycles. The number of nitrogens with one attached hydrogen (secondary N) is 2. The number of H-pyrrole nitrogens is 1. The fraction of sp³-hybridized carbons (Fsp3) is 0.286. The van der Waals surface area contributed by atoms with Gasteiger partial charge in [0, 0.05) is 5.69 Å². The zero-order valence-corrected chi connectivity index (χ0v) is 9.04. The Morgan fingerprint density at radius 2 is 2.38 bits per heavy atom. The highest BCUT2D eigenvalue weighted by Crippen LogP contribution is 2.00. The van der Waals surface area contributed by atoms with Gasteiger partial charge in [-0.1, -0.05) is 12.2 Å². The van der Waals surface area contributed by atoms with Crippen molar-refractivity contribution in [3.63, 3.8) is 0 Å². The number of rotatable bonds is 2. The summed E-state index contributed by atoms with van der Waals surface area (Å²) in [5, 5.41) is 3.84. The molecule has 0 saturated carbocycles. The van der Waals surface area contributed by atoms with Crippen molar-refractivity contribution in [2.24, 2.45) is 5.10 Å². The van der Waals surface area contributed by atoms with E-state index in [0.29, 0.717) is 4.32 Å². The van der Waals surface area contributed by atoms with E-state index in [9.17, 15) is 0 Å². The van der Waals surface area contributed by atoms with E-state index in [1.807, 2.05) is 13.8 Å². The van der Waals surface area contributed by atoms with E-state index in [1.165, 1.54) is 0 Å². The van der Waals surface area contributed by atoms with Crippen molar-refractivity contribution in [3.05, 3.63) is 17.2 Å². The zero-order valence-electron chi connectivity index (χ0n) is 7.33. The first-order valence-electron chi connectivity index (χ1n) is 3.65. The van der Waals surface area contributed by atoms with Crippen molar-refractivity contribution in [3.8, 4) is 0 Å². The minimum Gasteiger partial charge on any atom is -0.346 e. The van der Waals surface area contributed by atoms with Gasteiger partial charge in [-0.15, -0.1) is 12.6 Å². The summed E-state index contributed by atoms with van der Waals surface area (Å²) in [6, 6.07) is 0. The summed E-state index contributed by atoms with van der Waals surface area (Å²) in [5.41, 5.74) is 4.32. The Bertz CT molecular complexity index is 342. The predicted molar refractivity (Wildman–Crippen MR) is 60.4 cm³/mol. The summed E-state index contributed by atoms with van der Waals surface area (Å²) in [5.74, 6) is 0.868. The number of aromatic amines is 1. The lowest BCUT2D eigenvalue weighted by Crippen LogP contribution is -2.07. The first kappa shape index (κ1) is 10.2. The lowest BCUT2D eigenvalue weighted by Gasteiger charge is -1.91. The highest BCUT2D eigenvalue weighted by Gasteiger charge is 1.99. The van der Waals surface area contributed by atoms with Crippen LogP contribution in [0.25, 0.3) is 0 Å². The molecule has 13 heavy (non-hydrogen) atoms. The van der Waals surface area contributed by atoms with Crippen LogP contribution in [0.4, 0.5) is 0 Å². The lowest BCUT2D eigenvalue weighted by molar-refractivity contribution is 1.07. The largest absolute Gasteiger partial charge is 0.346 e. The average Bonchev–Trinajstić information content (AvgIpc) is 2.29. The number of aryl methyl sites for hydroxylation is 2. The number of nitrogens with zero attached hydrogens (tertiary/aromatic N) is 2. The van der Waals surface area contributed by atoms with Crippen molar-refractivity contribution >= 4 is 35.4 Å². The fourth-order valence-corrected chi connectivity index (χ4v) is 1.01. The van der Waals surface area contributed by atoms with Gasteiger partial charge in [0.2, 0.25) is 0 Å². The molecule has 1 rings (SSSR count). The van der Waals surface area contributed by atoms with Crippen molar-refractivity contribution in [2.45, 2.75) is 13.8 Å². The smallest absolute Gasteiger partial charge is 0.150 e. The molecular formula is C7H10N4S2. The Kier molecular flexibility index (Phi) is 3.44. The lowest BCUT2D eigenvalue weighted by atomic mass is 10.4. The number of hydrogen-bond donors (Lipinski definition) is 3. The molecule has 6 heteroatoms. The van der Waals surface area contributed by atoms with Crippen LogP contribution in [-0.4, -0.2) is 20.5 Å². The maximum absolute atomic E-state index is 4.66. The van der Waals surface area contributed by atoms with Gasteiger partial charge in [-0.2, -0.15) is 5.10 Å². The summed E-state index contributed by atoms with van der Waals surface area (Å²) in [7, 11) is 0. The van der Waals surface area contributed by atoms with Crippen molar-refractivity contribution in [1.29, 1.82) is 0 Å². The van der Waals surface area contributed by atoms with E-state index < -0.39 is 0 Å². The topological polar surface area (TPSA) is 53.1 Å². The second-order valence-corrected chi connectivity index (χ2v) is 3.67. The SMILES string of the molecule is Cc1nc(/C=N/NC(=S)S)c(C)[nH]1. The van der Waals surface area contributed by atoms with Crippen LogP contribution < -0.4 is 5.43 Å². The van der Waals surface area contributed by atoms with Crippen molar-refractivity contribution < 1.29 is 0 Å². The molecule has 0 unspecified atom stereocenters. The van der Waals surface area contributed by atoms with Crippen LogP contribution in [-0.2, 0) is 0 Å². The van der Waals surface area contributed by atoms with E-state index in [1.54, 1.807) is 6.21 Å². The summed E-state index contributed by atoms with van der Waals surface area (Å²) in [6.07, 6.45) is 1.60. The normalized spacial score (nSPS) is 10.7. The maximum Gasteiger partial charge on any atom is 0.150 e. The third-order valence-electron chi connectivity index (χ3n) is 1.39. The van der Waals surface area contributed by atoms with Gasteiger partial charge in [0.15, 0.2) is 4.32 Å². The molecule has 70 valence electrons. The second kappa shape index (κ2) is 4.38. The van der Waals surface area contributed by atoms with Crippen molar-refractivity contribution in [2.75, 3.05) is 0 Å². The quantitative estimate of drug-likeness (QED) is 0.300. The molecule has 0 spiro atoms. The molecular weight excluding hydrogens is 204 g/mol. The molecule has 0 aliphatic heterocycles. The molecule has 4 nitrogen and oxygen atoms in total. The summed E-state index contributed by atoms with van der Waals surface area (Å²) in [4.78, 5) is 7.26. The fourth-order valence-electron chi connectivity index (χ4n) is 0.902. The second-order valence-electron chi connectivity index (χ2n) is 2.51. The number of aromatic nitrogens is 2. The third-order valence-corrected chi connectivity index (χ3v) is 1.58. The van der Waals surface area contributed by atoms with Gasteiger partial charge in [0.25, 0.3) is 0 Å². The summed E-state index contributed by atoms with van der Waals surface area (Å²) in [6.45, 7) is 3.82. The van der Waals surface area contributed by atoms with E-state index in [2.05, 4.69) is 45.3 Å². The molecule has 0 aromatic carbocycles. The van der Waals surface area contributed by atoms with Crippen LogP contribution in [0.15, 0.2) is 5.10 Å². The van der Waals surface area contributed by atoms with Crippen LogP contribution in [0, 0.1) is 13.8 Å². The monoisotopic (exact) mass is 214 g/mol. The third kappa shape index (κ3) is 3.16. The molecule has 2 N–H and O–H groups in total. The molecule has 0 bridgehead atoms. The number of thiol groups is 1. The maximum atomic E-state index is 4.66. The van der Waals surface area contributed by atoms with E-state index in [-0.39, 0.29) is 0 Å². The van der Waals surface area contributed by atoms with E-state index in [0.717, 1.165) is 17.2 Å². The Labute approximate surface area is 87.2 Å². The number of thiocarbonyl (C=S) groups is 1. The van der Waals surface area contributed by atoms with Gasteiger partial charge in [-0.05, 0) is 13.8 Å². The van der Waals surface area contributed by atoms with Crippen LogP contribution in [0.3, 0.4) is 0 Å².